The third-order valence-electron chi connectivity index (χ3n) is 3.91. The van der Waals surface area contributed by atoms with Crippen LogP contribution in [0.3, 0.4) is 0 Å². The zero-order valence-corrected chi connectivity index (χ0v) is 15.9. The van der Waals surface area contributed by atoms with Gasteiger partial charge in [-0.15, -0.1) is 10.2 Å². The number of benzene rings is 1. The lowest BCUT2D eigenvalue weighted by Gasteiger charge is -2.09. The lowest BCUT2D eigenvalue weighted by atomic mass is 10.1. The second-order valence-corrected chi connectivity index (χ2v) is 7.48. The molecular weight excluding hydrogens is 352 g/mol. The molecule has 3 rings (SSSR count). The molecule has 2 heterocycles. The van der Waals surface area contributed by atoms with Gasteiger partial charge >= 0.3 is 0 Å². The molecule has 0 saturated heterocycles. The van der Waals surface area contributed by atoms with Gasteiger partial charge in [-0.2, -0.15) is 0 Å². The van der Waals surface area contributed by atoms with Gasteiger partial charge < -0.3 is 9.30 Å². The molecule has 0 radical (unpaired) electrons. The normalized spacial score (nSPS) is 11.1. The molecule has 3 aromatic rings. The summed E-state index contributed by atoms with van der Waals surface area (Å²) < 4.78 is 6.93. The molecule has 8 heteroatoms. The van der Waals surface area contributed by atoms with Crippen LogP contribution in [0.4, 0.5) is 5.13 Å². The number of carbonyl (C=O) groups excluding carboxylic acids is 1. The van der Waals surface area contributed by atoms with Crippen molar-refractivity contribution in [2.45, 2.75) is 20.3 Å². The number of hydrogen-bond acceptors (Lipinski definition) is 6. The Balaban J connectivity index is 1.94. The zero-order valence-electron chi connectivity index (χ0n) is 15.1. The van der Waals surface area contributed by atoms with E-state index in [4.69, 9.17) is 4.74 Å². The number of carbonyl (C=O) groups is 1. The van der Waals surface area contributed by atoms with E-state index in [1.165, 1.54) is 24.6 Å². The highest BCUT2D eigenvalue weighted by atomic mass is 32.1. The standard InChI is InChI=1S/C18H20N4O3S/c1-10(2)7-15-20-21-18(26-15)19-17(24)13-9-22(3)14-6-5-11(25-4)8-12(14)16(13)23/h5-6,8-10H,7H2,1-4H3,(H,19,21,24). The molecule has 1 aromatic carbocycles. The van der Waals surface area contributed by atoms with Gasteiger partial charge in [0.2, 0.25) is 10.6 Å². The van der Waals surface area contributed by atoms with Crippen LogP contribution in [0.1, 0.15) is 29.2 Å². The zero-order chi connectivity index (χ0) is 18.8. The van der Waals surface area contributed by atoms with Crippen molar-refractivity contribution >= 4 is 33.3 Å². The summed E-state index contributed by atoms with van der Waals surface area (Å²) >= 11 is 1.32. The third-order valence-corrected chi connectivity index (χ3v) is 4.77. The predicted octanol–water partition coefficient (Wildman–Crippen LogP) is 2.85. The van der Waals surface area contributed by atoms with Gasteiger partial charge in [0.15, 0.2) is 0 Å². The lowest BCUT2D eigenvalue weighted by Crippen LogP contribution is -2.23. The fraction of sp³-hybridized carbons (Fsp3) is 0.333. The number of rotatable bonds is 5. The molecule has 0 aliphatic heterocycles. The minimum absolute atomic E-state index is 0.0499. The quantitative estimate of drug-likeness (QED) is 0.744. The van der Waals surface area contributed by atoms with E-state index in [1.807, 2.05) is 0 Å². The molecule has 0 aliphatic rings. The number of aromatic nitrogens is 3. The predicted molar refractivity (Wildman–Crippen MR) is 102 cm³/mol. The molecule has 0 bridgehead atoms. The molecule has 136 valence electrons. The van der Waals surface area contributed by atoms with Gasteiger partial charge in [0.1, 0.15) is 16.3 Å². The van der Waals surface area contributed by atoms with Crippen molar-refractivity contribution in [2.24, 2.45) is 13.0 Å². The average Bonchev–Trinajstić information content (AvgIpc) is 3.03. The summed E-state index contributed by atoms with van der Waals surface area (Å²) in [6, 6.07) is 5.21. The summed E-state index contributed by atoms with van der Waals surface area (Å²) in [5, 5.41) is 12.4. The second kappa shape index (κ2) is 7.25. The maximum atomic E-state index is 12.8. The molecule has 7 nitrogen and oxygen atoms in total. The number of nitrogens with zero attached hydrogens (tertiary/aromatic N) is 3. The van der Waals surface area contributed by atoms with E-state index in [9.17, 15) is 9.59 Å². The molecule has 0 aliphatic carbocycles. The molecule has 0 atom stereocenters. The summed E-state index contributed by atoms with van der Waals surface area (Å²) in [6.07, 6.45) is 2.33. The van der Waals surface area contributed by atoms with Gasteiger partial charge in [-0.05, 0) is 24.1 Å². The summed E-state index contributed by atoms with van der Waals surface area (Å²) in [6.45, 7) is 4.18. The monoisotopic (exact) mass is 372 g/mol. The molecule has 2 aromatic heterocycles. The Morgan fingerprint density at radius 1 is 1.35 bits per heavy atom. The molecule has 26 heavy (non-hydrogen) atoms. The van der Waals surface area contributed by atoms with Crippen LogP contribution in [0.2, 0.25) is 0 Å². The maximum absolute atomic E-state index is 12.8. The third kappa shape index (κ3) is 3.60. The van der Waals surface area contributed by atoms with Crippen LogP contribution in [0.15, 0.2) is 29.2 Å². The maximum Gasteiger partial charge on any atom is 0.262 e. The number of pyridine rings is 1. The minimum atomic E-state index is -0.498. The van der Waals surface area contributed by atoms with Crippen molar-refractivity contribution in [1.82, 2.24) is 14.8 Å². The van der Waals surface area contributed by atoms with E-state index < -0.39 is 5.91 Å². The van der Waals surface area contributed by atoms with Crippen LogP contribution in [-0.2, 0) is 13.5 Å². The molecule has 0 unspecified atom stereocenters. The largest absolute Gasteiger partial charge is 0.497 e. The first-order valence-electron chi connectivity index (χ1n) is 8.20. The Labute approximate surface area is 154 Å². The number of nitrogens with one attached hydrogen (secondary N) is 1. The van der Waals surface area contributed by atoms with Gasteiger partial charge in [0.05, 0.1) is 18.0 Å². The molecule has 0 fully saturated rings. The van der Waals surface area contributed by atoms with E-state index in [0.29, 0.717) is 22.2 Å². The van der Waals surface area contributed by atoms with Crippen molar-refractivity contribution in [3.63, 3.8) is 0 Å². The number of anilines is 1. The first-order valence-corrected chi connectivity index (χ1v) is 9.01. The topological polar surface area (TPSA) is 86.1 Å². The van der Waals surface area contributed by atoms with Gasteiger partial charge in [-0.25, -0.2) is 0 Å². The van der Waals surface area contributed by atoms with Crippen LogP contribution < -0.4 is 15.5 Å². The van der Waals surface area contributed by atoms with Crippen molar-refractivity contribution < 1.29 is 9.53 Å². The first kappa shape index (κ1) is 18.1. The Hall–Kier alpha value is -2.74. The number of amides is 1. The van der Waals surface area contributed by atoms with Crippen molar-refractivity contribution in [2.75, 3.05) is 12.4 Å². The van der Waals surface area contributed by atoms with Crippen molar-refractivity contribution in [3.05, 3.63) is 45.2 Å². The number of methoxy groups -OCH3 is 1. The smallest absolute Gasteiger partial charge is 0.262 e. The van der Waals surface area contributed by atoms with Crippen LogP contribution in [0.5, 0.6) is 5.75 Å². The summed E-state index contributed by atoms with van der Waals surface area (Å²) in [7, 11) is 3.32. The molecule has 1 amide bonds. The van der Waals surface area contributed by atoms with E-state index in [-0.39, 0.29) is 11.0 Å². The molecule has 0 spiro atoms. The van der Waals surface area contributed by atoms with Gasteiger partial charge in [-0.3, -0.25) is 14.9 Å². The summed E-state index contributed by atoms with van der Waals surface area (Å²) in [5.74, 6) is 0.520. The molecular formula is C18H20N4O3S. The lowest BCUT2D eigenvalue weighted by molar-refractivity contribution is 0.102. The number of fused-ring (bicyclic) bond motifs is 1. The highest BCUT2D eigenvalue weighted by Gasteiger charge is 2.17. The SMILES string of the molecule is COc1ccc2c(c1)c(=O)c(C(=O)Nc1nnc(CC(C)C)s1)cn2C. The molecule has 1 N–H and O–H groups in total. The van der Waals surface area contributed by atoms with E-state index in [2.05, 4.69) is 29.4 Å². The molecule has 0 saturated carbocycles. The Morgan fingerprint density at radius 2 is 2.12 bits per heavy atom. The first-order chi connectivity index (χ1) is 12.4. The van der Waals surface area contributed by atoms with Crippen molar-refractivity contribution in [3.8, 4) is 5.75 Å². The van der Waals surface area contributed by atoms with Crippen LogP contribution in [0, 0.1) is 5.92 Å². The van der Waals surface area contributed by atoms with Crippen LogP contribution >= 0.6 is 11.3 Å². The summed E-state index contributed by atoms with van der Waals surface area (Å²) in [5.41, 5.74) is 0.428. The second-order valence-electron chi connectivity index (χ2n) is 6.42. The van der Waals surface area contributed by atoms with Crippen molar-refractivity contribution in [1.29, 1.82) is 0 Å². The number of aryl methyl sites for hydroxylation is 1. The summed E-state index contributed by atoms with van der Waals surface area (Å²) in [4.78, 5) is 25.4. The van der Waals surface area contributed by atoms with Gasteiger partial charge in [0.25, 0.3) is 5.91 Å². The van der Waals surface area contributed by atoms with Crippen LogP contribution in [0.25, 0.3) is 10.9 Å². The minimum Gasteiger partial charge on any atom is -0.497 e. The highest BCUT2D eigenvalue weighted by molar-refractivity contribution is 7.15. The number of ether oxygens (including phenoxy) is 1. The van der Waals surface area contributed by atoms with E-state index >= 15 is 0 Å². The fourth-order valence-electron chi connectivity index (χ4n) is 2.66. The van der Waals surface area contributed by atoms with E-state index in [0.717, 1.165) is 16.9 Å². The van der Waals surface area contributed by atoms with E-state index in [1.54, 1.807) is 29.8 Å². The number of hydrogen-bond donors (Lipinski definition) is 1. The Bertz CT molecular complexity index is 1020. The van der Waals surface area contributed by atoms with Gasteiger partial charge in [0, 0.05) is 19.7 Å². The average molecular weight is 372 g/mol. The van der Waals surface area contributed by atoms with Gasteiger partial charge in [-0.1, -0.05) is 25.2 Å². The highest BCUT2D eigenvalue weighted by Crippen LogP contribution is 2.20. The fourth-order valence-corrected chi connectivity index (χ4v) is 3.61. The Morgan fingerprint density at radius 3 is 2.81 bits per heavy atom. The van der Waals surface area contributed by atoms with Crippen LogP contribution in [-0.4, -0.2) is 27.8 Å². The Kier molecular flexibility index (Phi) is 5.03.